The van der Waals surface area contributed by atoms with E-state index in [0.29, 0.717) is 18.1 Å². The maximum atomic E-state index is 13.6. The number of aliphatic hydroxyl groups excluding tert-OH is 1. The first-order chi connectivity index (χ1) is 19.7. The van der Waals surface area contributed by atoms with Crippen molar-refractivity contribution in [2.75, 3.05) is 6.61 Å². The SMILES string of the molecule is O=S(c1ccccc1)[C@@H]1O[C@H](COCc2ccccc2)[C@@H](OCc2ccccc2)[C@H](OCc2ccccc2)[C@H]1O. The molecule has 0 aromatic heterocycles. The molecule has 0 spiro atoms. The van der Waals surface area contributed by atoms with E-state index in [1.54, 1.807) is 12.1 Å². The van der Waals surface area contributed by atoms with E-state index < -0.39 is 40.7 Å². The van der Waals surface area contributed by atoms with Crippen molar-refractivity contribution in [2.45, 2.75) is 54.6 Å². The van der Waals surface area contributed by atoms with Gasteiger partial charge in [0.1, 0.15) is 24.4 Å². The zero-order valence-corrected chi connectivity index (χ0v) is 23.0. The molecule has 1 N–H and O–H groups in total. The van der Waals surface area contributed by atoms with Gasteiger partial charge in [0.2, 0.25) is 0 Å². The van der Waals surface area contributed by atoms with Gasteiger partial charge < -0.3 is 24.1 Å². The number of aliphatic hydroxyl groups is 1. The van der Waals surface area contributed by atoms with Gasteiger partial charge in [0, 0.05) is 4.90 Å². The lowest BCUT2D eigenvalue weighted by Gasteiger charge is -2.44. The van der Waals surface area contributed by atoms with Crippen LogP contribution in [0, 0.1) is 0 Å². The smallest absolute Gasteiger partial charge is 0.166 e. The summed E-state index contributed by atoms with van der Waals surface area (Å²) in [6.45, 7) is 1.12. The summed E-state index contributed by atoms with van der Waals surface area (Å²) < 4.78 is 38.8. The van der Waals surface area contributed by atoms with Crippen LogP contribution in [0.25, 0.3) is 0 Å². The first-order valence-corrected chi connectivity index (χ1v) is 14.6. The van der Waals surface area contributed by atoms with Gasteiger partial charge in [-0.15, -0.1) is 0 Å². The highest BCUT2D eigenvalue weighted by molar-refractivity contribution is 7.85. The lowest BCUT2D eigenvalue weighted by atomic mass is 9.99. The van der Waals surface area contributed by atoms with Crippen molar-refractivity contribution in [2.24, 2.45) is 0 Å². The molecule has 5 rings (SSSR count). The molecular weight excluding hydrogens is 524 g/mol. The molecule has 1 unspecified atom stereocenters. The normalized spacial score (nSPS) is 23.5. The fourth-order valence-corrected chi connectivity index (χ4v) is 6.03. The van der Waals surface area contributed by atoms with Crippen molar-refractivity contribution in [3.05, 3.63) is 138 Å². The van der Waals surface area contributed by atoms with Gasteiger partial charge in [-0.05, 0) is 28.8 Å². The van der Waals surface area contributed by atoms with Crippen molar-refractivity contribution in [1.82, 2.24) is 0 Å². The fraction of sp³-hybridized carbons (Fsp3) is 0.273. The zero-order chi connectivity index (χ0) is 27.6. The zero-order valence-electron chi connectivity index (χ0n) is 22.2. The van der Waals surface area contributed by atoms with Gasteiger partial charge in [0.05, 0.1) is 37.2 Å². The molecule has 0 aliphatic carbocycles. The molecule has 4 aromatic rings. The lowest BCUT2D eigenvalue weighted by Crippen LogP contribution is -2.61. The van der Waals surface area contributed by atoms with Crippen LogP contribution in [0.2, 0.25) is 0 Å². The minimum absolute atomic E-state index is 0.175. The van der Waals surface area contributed by atoms with Crippen molar-refractivity contribution in [1.29, 1.82) is 0 Å². The maximum absolute atomic E-state index is 13.6. The predicted octanol–water partition coefficient (Wildman–Crippen LogP) is 5.27. The Kier molecular flexibility index (Phi) is 10.3. The van der Waals surface area contributed by atoms with Gasteiger partial charge in [-0.25, -0.2) is 0 Å². The first kappa shape index (κ1) is 28.4. The molecule has 1 aliphatic rings. The van der Waals surface area contributed by atoms with Gasteiger partial charge in [0.25, 0.3) is 0 Å². The van der Waals surface area contributed by atoms with Crippen LogP contribution in [0.3, 0.4) is 0 Å². The third-order valence-corrected chi connectivity index (χ3v) is 8.31. The molecule has 0 bridgehead atoms. The topological polar surface area (TPSA) is 74.2 Å². The fourth-order valence-electron chi connectivity index (χ4n) is 4.69. The second-order valence-electron chi connectivity index (χ2n) is 9.67. The van der Waals surface area contributed by atoms with Crippen molar-refractivity contribution >= 4 is 10.8 Å². The second kappa shape index (κ2) is 14.5. The number of benzene rings is 4. The van der Waals surface area contributed by atoms with Crippen LogP contribution in [0.5, 0.6) is 0 Å². The Labute approximate surface area is 238 Å². The Bertz CT molecular complexity index is 1310. The van der Waals surface area contributed by atoms with Crippen LogP contribution in [0.4, 0.5) is 0 Å². The van der Waals surface area contributed by atoms with Crippen LogP contribution < -0.4 is 0 Å². The van der Waals surface area contributed by atoms with Gasteiger partial charge in [-0.2, -0.15) is 0 Å². The summed E-state index contributed by atoms with van der Waals surface area (Å²) in [4.78, 5) is 0.570. The van der Waals surface area contributed by atoms with E-state index in [0.717, 1.165) is 16.7 Å². The molecule has 0 radical (unpaired) electrons. The molecule has 0 amide bonds. The number of ether oxygens (including phenoxy) is 4. The number of rotatable bonds is 12. The quantitative estimate of drug-likeness (QED) is 0.256. The van der Waals surface area contributed by atoms with Gasteiger partial charge >= 0.3 is 0 Å². The molecular formula is C33H34O6S. The average molecular weight is 559 g/mol. The minimum Gasteiger partial charge on any atom is -0.387 e. The molecule has 0 saturated carbocycles. The Balaban J connectivity index is 1.40. The summed E-state index contributed by atoms with van der Waals surface area (Å²) >= 11 is 0. The Morgan fingerprint density at radius 1 is 0.625 bits per heavy atom. The monoisotopic (exact) mass is 558 g/mol. The molecule has 6 atom stereocenters. The Morgan fingerprint density at radius 3 is 1.60 bits per heavy atom. The third kappa shape index (κ3) is 7.52. The molecule has 1 aliphatic heterocycles. The first-order valence-electron chi connectivity index (χ1n) is 13.4. The maximum Gasteiger partial charge on any atom is 0.166 e. The van der Waals surface area contributed by atoms with E-state index in [4.69, 9.17) is 18.9 Å². The summed E-state index contributed by atoms with van der Waals surface area (Å²) in [5, 5.41) is 11.6. The Morgan fingerprint density at radius 2 is 1.07 bits per heavy atom. The molecule has 208 valence electrons. The van der Waals surface area contributed by atoms with Crippen LogP contribution in [0.1, 0.15) is 16.7 Å². The van der Waals surface area contributed by atoms with Gasteiger partial charge in [-0.3, -0.25) is 4.21 Å². The Hall–Kier alpha value is -3.17. The molecule has 7 heteroatoms. The van der Waals surface area contributed by atoms with Gasteiger partial charge in [0.15, 0.2) is 5.44 Å². The molecule has 1 heterocycles. The predicted molar refractivity (Wildman–Crippen MR) is 154 cm³/mol. The van der Waals surface area contributed by atoms with Crippen molar-refractivity contribution < 1.29 is 28.3 Å². The summed E-state index contributed by atoms with van der Waals surface area (Å²) in [5.74, 6) is 0. The summed E-state index contributed by atoms with van der Waals surface area (Å²) in [6.07, 6.45) is -3.30. The summed E-state index contributed by atoms with van der Waals surface area (Å²) in [5.41, 5.74) is 1.95. The van der Waals surface area contributed by atoms with Gasteiger partial charge in [-0.1, -0.05) is 109 Å². The van der Waals surface area contributed by atoms with E-state index >= 15 is 0 Å². The van der Waals surface area contributed by atoms with E-state index in [2.05, 4.69) is 0 Å². The lowest BCUT2D eigenvalue weighted by molar-refractivity contribution is -0.243. The van der Waals surface area contributed by atoms with Crippen molar-refractivity contribution in [3.63, 3.8) is 0 Å². The summed E-state index contributed by atoms with van der Waals surface area (Å²) in [6, 6.07) is 38.5. The average Bonchev–Trinajstić information content (AvgIpc) is 3.02. The number of hydrogen-bond acceptors (Lipinski definition) is 6. The highest BCUT2D eigenvalue weighted by atomic mass is 32.2. The second-order valence-corrected chi connectivity index (χ2v) is 11.2. The van der Waals surface area contributed by atoms with Crippen LogP contribution in [0.15, 0.2) is 126 Å². The van der Waals surface area contributed by atoms with E-state index in [-0.39, 0.29) is 13.2 Å². The highest BCUT2D eigenvalue weighted by Gasteiger charge is 2.49. The largest absolute Gasteiger partial charge is 0.387 e. The summed E-state index contributed by atoms with van der Waals surface area (Å²) in [7, 11) is -1.65. The molecule has 6 nitrogen and oxygen atoms in total. The molecule has 4 aromatic carbocycles. The van der Waals surface area contributed by atoms with Crippen LogP contribution in [-0.2, 0) is 49.6 Å². The molecule has 40 heavy (non-hydrogen) atoms. The van der Waals surface area contributed by atoms with E-state index in [9.17, 15) is 9.32 Å². The third-order valence-electron chi connectivity index (χ3n) is 6.77. The standard InChI is InChI=1S/C33H34O6S/c34-30-32(38-23-27-17-9-3-10-18-27)31(37-22-26-15-7-2-8-16-26)29(24-36-21-25-13-5-1-6-14-25)39-33(30)40(35)28-19-11-4-12-20-28/h1-20,29-34H,21-24H2/t29-,30-,31-,32-,33+,40?/m1/s1. The van der Waals surface area contributed by atoms with Crippen molar-refractivity contribution in [3.8, 4) is 0 Å². The minimum atomic E-state index is -1.65. The van der Waals surface area contributed by atoms with Crippen LogP contribution >= 0.6 is 0 Å². The van der Waals surface area contributed by atoms with E-state index in [1.807, 2.05) is 109 Å². The molecule has 1 saturated heterocycles. The molecule has 1 fully saturated rings. The van der Waals surface area contributed by atoms with E-state index in [1.165, 1.54) is 0 Å². The number of hydrogen-bond donors (Lipinski definition) is 1. The highest BCUT2D eigenvalue weighted by Crippen LogP contribution is 2.31. The van der Waals surface area contributed by atoms with Crippen LogP contribution in [-0.4, -0.2) is 45.8 Å².